The third-order valence-electron chi connectivity index (χ3n) is 3.36. The first kappa shape index (κ1) is 11.6. The minimum Gasteiger partial charge on any atom is -0.354 e. The molecule has 0 radical (unpaired) electrons. The molecule has 0 bridgehead atoms. The number of fused-ring (bicyclic) bond motifs is 2. The summed E-state index contributed by atoms with van der Waals surface area (Å²) >= 11 is 1.82. The van der Waals surface area contributed by atoms with Gasteiger partial charge in [0.15, 0.2) is 12.4 Å². The van der Waals surface area contributed by atoms with E-state index in [-0.39, 0.29) is 0 Å². The van der Waals surface area contributed by atoms with Crippen LogP contribution in [-0.4, -0.2) is 0 Å². The maximum absolute atomic E-state index is 3.49. The number of anilines is 2. The number of para-hydroxylation sites is 1. The van der Waals surface area contributed by atoms with Crippen molar-refractivity contribution in [2.45, 2.75) is 9.79 Å². The first-order valence-corrected chi connectivity index (χ1v) is 7.36. The van der Waals surface area contributed by atoms with Crippen molar-refractivity contribution in [3.8, 4) is 5.69 Å². The van der Waals surface area contributed by atoms with E-state index in [9.17, 15) is 0 Å². The van der Waals surface area contributed by atoms with E-state index in [2.05, 4.69) is 64.7 Å². The van der Waals surface area contributed by atoms with Crippen LogP contribution in [0.3, 0.4) is 0 Å². The molecule has 20 heavy (non-hydrogen) atoms. The highest BCUT2D eigenvalue weighted by Gasteiger charge is 2.17. The van der Waals surface area contributed by atoms with Crippen molar-refractivity contribution in [2.75, 3.05) is 5.32 Å². The third kappa shape index (κ3) is 1.96. The van der Waals surface area contributed by atoms with E-state index in [1.165, 1.54) is 26.9 Å². The first-order chi connectivity index (χ1) is 9.90. The van der Waals surface area contributed by atoms with Gasteiger partial charge in [0.05, 0.1) is 11.4 Å². The number of nitrogens with one attached hydrogen (secondary N) is 1. The van der Waals surface area contributed by atoms with E-state index < -0.39 is 0 Å². The van der Waals surface area contributed by atoms with Gasteiger partial charge in [-0.05, 0) is 18.2 Å². The van der Waals surface area contributed by atoms with Crippen LogP contribution in [0.4, 0.5) is 11.4 Å². The highest BCUT2D eigenvalue weighted by atomic mass is 32.2. The van der Waals surface area contributed by atoms with Crippen LogP contribution in [0.5, 0.6) is 0 Å². The zero-order valence-corrected chi connectivity index (χ0v) is 11.6. The largest absolute Gasteiger partial charge is 0.354 e. The Kier molecular flexibility index (Phi) is 2.71. The van der Waals surface area contributed by atoms with Crippen molar-refractivity contribution in [1.82, 2.24) is 0 Å². The Labute approximate surface area is 122 Å². The average Bonchev–Trinajstić information content (AvgIpc) is 2.53. The number of benzene rings is 2. The summed E-state index contributed by atoms with van der Waals surface area (Å²) in [6, 6.07) is 21.0. The molecule has 3 heteroatoms. The molecule has 0 saturated heterocycles. The van der Waals surface area contributed by atoms with Crippen molar-refractivity contribution in [2.24, 2.45) is 0 Å². The number of pyridine rings is 1. The van der Waals surface area contributed by atoms with E-state index >= 15 is 0 Å². The molecule has 3 aromatic rings. The summed E-state index contributed by atoms with van der Waals surface area (Å²) in [7, 11) is 0. The Bertz CT molecular complexity index is 769. The van der Waals surface area contributed by atoms with Gasteiger partial charge in [-0.1, -0.05) is 30.0 Å². The molecule has 2 aromatic carbocycles. The predicted molar refractivity (Wildman–Crippen MR) is 81.8 cm³/mol. The fraction of sp³-hybridized carbons (Fsp3) is 0. The lowest BCUT2D eigenvalue weighted by Crippen LogP contribution is -2.28. The molecule has 1 N–H and O–H groups in total. The van der Waals surface area contributed by atoms with Crippen molar-refractivity contribution in [3.05, 3.63) is 73.1 Å². The Morgan fingerprint density at radius 3 is 2.45 bits per heavy atom. The van der Waals surface area contributed by atoms with E-state index in [4.69, 9.17) is 0 Å². The van der Waals surface area contributed by atoms with Crippen LogP contribution in [0.25, 0.3) is 5.69 Å². The summed E-state index contributed by atoms with van der Waals surface area (Å²) in [4.78, 5) is 2.53. The Morgan fingerprint density at radius 1 is 0.750 bits per heavy atom. The molecule has 1 aliphatic rings. The summed E-state index contributed by atoms with van der Waals surface area (Å²) in [5, 5.41) is 3.49. The Morgan fingerprint density at radius 2 is 1.55 bits per heavy atom. The number of aromatic nitrogens is 1. The molecule has 2 heterocycles. The average molecular weight is 277 g/mol. The number of nitrogens with zero attached hydrogens (tertiary/aromatic N) is 1. The van der Waals surface area contributed by atoms with Crippen LogP contribution in [0.1, 0.15) is 0 Å². The van der Waals surface area contributed by atoms with Gasteiger partial charge in [-0.25, -0.2) is 0 Å². The Balaban J connectivity index is 1.77. The van der Waals surface area contributed by atoms with Crippen molar-refractivity contribution in [3.63, 3.8) is 0 Å². The second kappa shape index (κ2) is 4.69. The zero-order valence-electron chi connectivity index (χ0n) is 10.8. The van der Waals surface area contributed by atoms with Crippen LogP contribution in [0.15, 0.2) is 82.8 Å². The normalized spacial score (nSPS) is 12.2. The minimum absolute atomic E-state index is 1.17. The maximum atomic E-state index is 3.49. The second-order valence-corrected chi connectivity index (χ2v) is 5.77. The van der Waals surface area contributed by atoms with Crippen LogP contribution in [0, 0.1) is 0 Å². The molecule has 0 amide bonds. The molecule has 0 atom stereocenters. The molecular weight excluding hydrogens is 264 g/mol. The van der Waals surface area contributed by atoms with Gasteiger partial charge in [0.25, 0.3) is 0 Å². The van der Waals surface area contributed by atoms with E-state index in [0.29, 0.717) is 0 Å². The summed E-state index contributed by atoms with van der Waals surface area (Å²) in [5.74, 6) is 0. The molecule has 0 saturated carbocycles. The van der Waals surface area contributed by atoms with Crippen molar-refractivity contribution < 1.29 is 4.57 Å². The Hall–Kier alpha value is -2.26. The topological polar surface area (TPSA) is 15.9 Å². The van der Waals surface area contributed by atoms with Crippen molar-refractivity contribution in [1.29, 1.82) is 0 Å². The van der Waals surface area contributed by atoms with E-state index in [0.717, 1.165) is 0 Å². The molecule has 4 rings (SSSR count). The minimum atomic E-state index is 1.17. The molecular formula is C17H13N2S+. The van der Waals surface area contributed by atoms with Gasteiger partial charge in [0.2, 0.25) is 5.69 Å². The van der Waals surface area contributed by atoms with E-state index in [1.807, 2.05) is 30.0 Å². The fourth-order valence-electron chi connectivity index (χ4n) is 2.35. The van der Waals surface area contributed by atoms with Gasteiger partial charge >= 0.3 is 0 Å². The van der Waals surface area contributed by atoms with Gasteiger partial charge in [0.1, 0.15) is 0 Å². The van der Waals surface area contributed by atoms with Gasteiger partial charge in [0, 0.05) is 34.1 Å². The van der Waals surface area contributed by atoms with Gasteiger partial charge in [-0.2, -0.15) is 4.57 Å². The predicted octanol–water partition coefficient (Wildman–Crippen LogP) is 4.17. The maximum Gasteiger partial charge on any atom is 0.211 e. The van der Waals surface area contributed by atoms with Crippen LogP contribution < -0.4 is 9.88 Å². The van der Waals surface area contributed by atoms with Crippen LogP contribution >= 0.6 is 11.8 Å². The molecule has 2 nitrogen and oxygen atoms in total. The first-order valence-electron chi connectivity index (χ1n) is 6.55. The lowest BCUT2D eigenvalue weighted by Gasteiger charge is -2.20. The smallest absolute Gasteiger partial charge is 0.211 e. The van der Waals surface area contributed by atoms with Gasteiger partial charge in [-0.15, -0.1) is 0 Å². The summed E-state index contributed by atoms with van der Waals surface area (Å²) in [6.07, 6.45) is 4.13. The quantitative estimate of drug-likeness (QED) is 0.525. The van der Waals surface area contributed by atoms with Gasteiger partial charge < -0.3 is 5.32 Å². The highest BCUT2D eigenvalue weighted by Crippen LogP contribution is 2.44. The molecule has 0 spiro atoms. The molecule has 0 aliphatic carbocycles. The monoisotopic (exact) mass is 277 g/mol. The molecule has 1 aliphatic heterocycles. The lowest BCUT2D eigenvalue weighted by atomic mass is 10.2. The SMILES string of the molecule is c1cc[n+](-c2ccc3c(c2)Sc2ccccc2N3)cc1. The number of rotatable bonds is 1. The summed E-state index contributed by atoms with van der Waals surface area (Å²) in [5.41, 5.74) is 3.54. The molecule has 0 unspecified atom stereocenters. The van der Waals surface area contributed by atoms with E-state index in [1.54, 1.807) is 0 Å². The highest BCUT2D eigenvalue weighted by molar-refractivity contribution is 7.99. The van der Waals surface area contributed by atoms with Gasteiger partial charge in [-0.3, -0.25) is 0 Å². The molecule has 0 fully saturated rings. The van der Waals surface area contributed by atoms with Crippen molar-refractivity contribution >= 4 is 23.1 Å². The zero-order chi connectivity index (χ0) is 13.4. The fourth-order valence-corrected chi connectivity index (χ4v) is 3.37. The number of hydrogen-bond donors (Lipinski definition) is 1. The standard InChI is InChI=1S/C17H13N2S/c1-4-10-19(11-5-1)13-8-9-15-17(12-13)20-16-7-3-2-6-14(16)18-15/h1-12,18H/q+1. The van der Waals surface area contributed by atoms with Crippen LogP contribution in [0.2, 0.25) is 0 Å². The second-order valence-electron chi connectivity index (χ2n) is 4.69. The lowest BCUT2D eigenvalue weighted by molar-refractivity contribution is -0.595. The summed E-state index contributed by atoms with van der Waals surface area (Å²) in [6.45, 7) is 0. The third-order valence-corrected chi connectivity index (χ3v) is 4.49. The summed E-state index contributed by atoms with van der Waals surface area (Å²) < 4.78 is 2.13. The number of hydrogen-bond acceptors (Lipinski definition) is 2. The molecule has 1 aromatic heterocycles. The molecule has 96 valence electrons. The van der Waals surface area contributed by atoms with Crippen LogP contribution in [-0.2, 0) is 0 Å².